The fraction of sp³-hybridized carbons (Fsp3) is 0.571. The second kappa shape index (κ2) is 8.01. The predicted molar refractivity (Wildman–Crippen MR) is 104 cm³/mol. The lowest BCUT2D eigenvalue weighted by Gasteiger charge is -2.29. The van der Waals surface area contributed by atoms with Crippen molar-refractivity contribution in [2.24, 2.45) is 11.3 Å². The summed E-state index contributed by atoms with van der Waals surface area (Å²) in [5.41, 5.74) is 2.14. The van der Waals surface area contributed by atoms with Crippen molar-refractivity contribution >= 4 is 5.91 Å². The number of pyridine rings is 1. The summed E-state index contributed by atoms with van der Waals surface area (Å²) < 4.78 is 13.0. The molecule has 0 saturated carbocycles. The molecular weight excluding hydrogens is 356 g/mol. The maximum atomic E-state index is 12.8. The third kappa shape index (κ3) is 4.25. The number of rotatable bonds is 5. The third-order valence-electron chi connectivity index (χ3n) is 5.40. The van der Waals surface area contributed by atoms with Crippen molar-refractivity contribution in [2.75, 3.05) is 33.0 Å². The van der Waals surface area contributed by atoms with Crippen molar-refractivity contribution in [3.63, 3.8) is 0 Å². The Bertz CT molecular complexity index is 812. The van der Waals surface area contributed by atoms with Crippen molar-refractivity contribution < 1.29 is 14.3 Å². The van der Waals surface area contributed by atoms with Gasteiger partial charge in [0.2, 0.25) is 5.91 Å². The van der Waals surface area contributed by atoms with E-state index >= 15 is 0 Å². The number of fused-ring (bicyclic) bond motifs is 1. The van der Waals surface area contributed by atoms with Crippen LogP contribution in [0.4, 0.5) is 0 Å². The van der Waals surface area contributed by atoms with Gasteiger partial charge in [-0.15, -0.1) is 0 Å². The quantitative estimate of drug-likeness (QED) is 0.791. The molecule has 1 unspecified atom stereocenters. The van der Waals surface area contributed by atoms with Crippen LogP contribution in [0, 0.1) is 11.3 Å². The van der Waals surface area contributed by atoms with E-state index in [0.717, 1.165) is 43.1 Å². The molecule has 7 heteroatoms. The fourth-order valence-electron chi connectivity index (χ4n) is 3.99. The molecule has 2 aliphatic rings. The van der Waals surface area contributed by atoms with Crippen LogP contribution in [0.5, 0.6) is 0 Å². The minimum Gasteiger partial charge on any atom is -0.381 e. The minimum atomic E-state index is -0.0627. The van der Waals surface area contributed by atoms with Gasteiger partial charge in [-0.2, -0.15) is 5.10 Å². The highest BCUT2D eigenvalue weighted by Crippen LogP contribution is 2.31. The zero-order valence-electron chi connectivity index (χ0n) is 16.6. The summed E-state index contributed by atoms with van der Waals surface area (Å²) >= 11 is 0. The first-order chi connectivity index (χ1) is 13.5. The summed E-state index contributed by atoms with van der Waals surface area (Å²) in [7, 11) is 0. The van der Waals surface area contributed by atoms with E-state index in [4.69, 9.17) is 9.47 Å². The molecule has 4 heterocycles. The first-order valence-corrected chi connectivity index (χ1v) is 9.92. The van der Waals surface area contributed by atoms with Gasteiger partial charge in [0.25, 0.3) is 0 Å². The van der Waals surface area contributed by atoms with Crippen LogP contribution in [0.1, 0.15) is 31.5 Å². The average molecular weight is 384 g/mol. The van der Waals surface area contributed by atoms with Gasteiger partial charge in [0.1, 0.15) is 6.61 Å². The molecular formula is C21H28N4O3. The Morgan fingerprint density at radius 3 is 3.04 bits per heavy atom. The number of hydrogen-bond donors (Lipinski definition) is 0. The molecule has 2 aliphatic heterocycles. The van der Waals surface area contributed by atoms with Crippen LogP contribution >= 0.6 is 0 Å². The largest absolute Gasteiger partial charge is 0.381 e. The Labute approximate surface area is 165 Å². The molecule has 28 heavy (non-hydrogen) atoms. The molecule has 0 radical (unpaired) electrons. The van der Waals surface area contributed by atoms with E-state index in [1.807, 2.05) is 34.0 Å². The predicted octanol–water partition coefficient (Wildman–Crippen LogP) is 2.23. The van der Waals surface area contributed by atoms with Crippen LogP contribution in [0.3, 0.4) is 0 Å². The van der Waals surface area contributed by atoms with Gasteiger partial charge in [-0.1, -0.05) is 19.9 Å². The first-order valence-electron chi connectivity index (χ1n) is 9.92. The number of amides is 1. The maximum Gasteiger partial charge on any atom is 0.248 e. The normalized spacial score (nSPS) is 21.4. The van der Waals surface area contributed by atoms with Crippen molar-refractivity contribution in [3.05, 3.63) is 41.9 Å². The molecule has 1 amide bonds. The standard InChI is InChI=1S/C21H28N4O3/c1-21(2)9-18-17(10-23-25(18)19-5-3-4-7-22-19)11-24(15-21)20(26)14-28-13-16-6-8-27-12-16/h3-5,7,10,16H,6,8-9,11-15H2,1-2H3. The number of nitrogens with zero attached hydrogens (tertiary/aromatic N) is 4. The summed E-state index contributed by atoms with van der Waals surface area (Å²) in [6, 6.07) is 5.81. The van der Waals surface area contributed by atoms with E-state index in [2.05, 4.69) is 23.9 Å². The molecule has 0 spiro atoms. The molecule has 0 N–H and O–H groups in total. The summed E-state index contributed by atoms with van der Waals surface area (Å²) in [4.78, 5) is 19.2. The van der Waals surface area contributed by atoms with E-state index in [-0.39, 0.29) is 17.9 Å². The van der Waals surface area contributed by atoms with Gasteiger partial charge in [-0.05, 0) is 30.4 Å². The topological polar surface area (TPSA) is 69.5 Å². The van der Waals surface area contributed by atoms with Crippen LogP contribution in [-0.2, 0) is 27.2 Å². The lowest BCUT2D eigenvalue weighted by molar-refractivity contribution is -0.138. The smallest absolute Gasteiger partial charge is 0.248 e. The van der Waals surface area contributed by atoms with E-state index in [1.54, 1.807) is 6.20 Å². The molecule has 2 aromatic heterocycles. The molecule has 1 fully saturated rings. The molecule has 7 nitrogen and oxygen atoms in total. The van der Waals surface area contributed by atoms with Crippen LogP contribution in [0.25, 0.3) is 5.82 Å². The number of aromatic nitrogens is 3. The van der Waals surface area contributed by atoms with E-state index in [1.165, 1.54) is 0 Å². The zero-order valence-corrected chi connectivity index (χ0v) is 16.6. The Morgan fingerprint density at radius 2 is 2.29 bits per heavy atom. The summed E-state index contributed by atoms with van der Waals surface area (Å²) in [5, 5.41) is 4.55. The van der Waals surface area contributed by atoms with Crippen LogP contribution in [0.15, 0.2) is 30.6 Å². The molecule has 4 rings (SSSR count). The van der Waals surface area contributed by atoms with Crippen molar-refractivity contribution in [3.8, 4) is 5.82 Å². The summed E-state index contributed by atoms with van der Waals surface area (Å²) in [5.74, 6) is 1.25. The number of ether oxygens (including phenoxy) is 2. The highest BCUT2D eigenvalue weighted by Gasteiger charge is 2.33. The monoisotopic (exact) mass is 384 g/mol. The zero-order chi connectivity index (χ0) is 19.6. The summed E-state index contributed by atoms with van der Waals surface area (Å²) in [6.45, 7) is 7.87. The molecule has 0 aromatic carbocycles. The lowest BCUT2D eigenvalue weighted by atomic mass is 9.87. The lowest BCUT2D eigenvalue weighted by Crippen LogP contribution is -2.39. The van der Waals surface area contributed by atoms with Gasteiger partial charge in [-0.3, -0.25) is 4.79 Å². The number of hydrogen-bond acceptors (Lipinski definition) is 5. The number of carbonyl (C=O) groups is 1. The first kappa shape index (κ1) is 19.1. The SMILES string of the molecule is CC1(C)Cc2c(cnn2-c2ccccn2)CN(C(=O)COCC2CCOC2)C1. The Kier molecular flexibility index (Phi) is 5.46. The van der Waals surface area contributed by atoms with Crippen molar-refractivity contribution in [1.29, 1.82) is 0 Å². The number of carbonyl (C=O) groups excluding carboxylic acids is 1. The Balaban J connectivity index is 1.47. The fourth-order valence-corrected chi connectivity index (χ4v) is 3.99. The minimum absolute atomic E-state index is 0.0328. The maximum absolute atomic E-state index is 12.8. The highest BCUT2D eigenvalue weighted by atomic mass is 16.5. The van der Waals surface area contributed by atoms with Gasteiger partial charge < -0.3 is 14.4 Å². The molecule has 1 saturated heterocycles. The van der Waals surface area contributed by atoms with Gasteiger partial charge >= 0.3 is 0 Å². The van der Waals surface area contributed by atoms with E-state index < -0.39 is 0 Å². The third-order valence-corrected chi connectivity index (χ3v) is 5.40. The van der Waals surface area contributed by atoms with Gasteiger partial charge in [0.15, 0.2) is 5.82 Å². The molecule has 0 bridgehead atoms. The summed E-state index contributed by atoms with van der Waals surface area (Å²) in [6.07, 6.45) is 5.49. The second-order valence-corrected chi connectivity index (χ2v) is 8.55. The highest BCUT2D eigenvalue weighted by molar-refractivity contribution is 5.77. The van der Waals surface area contributed by atoms with E-state index in [9.17, 15) is 4.79 Å². The average Bonchev–Trinajstić information content (AvgIpc) is 3.29. The van der Waals surface area contributed by atoms with Crippen LogP contribution in [-0.4, -0.2) is 58.5 Å². The van der Waals surface area contributed by atoms with Gasteiger partial charge in [0.05, 0.1) is 25.1 Å². The molecule has 1 atom stereocenters. The Hall–Kier alpha value is -2.25. The van der Waals surface area contributed by atoms with Crippen molar-refractivity contribution in [1.82, 2.24) is 19.7 Å². The Morgan fingerprint density at radius 1 is 1.39 bits per heavy atom. The molecule has 150 valence electrons. The van der Waals surface area contributed by atoms with Crippen LogP contribution in [0.2, 0.25) is 0 Å². The van der Waals surface area contributed by atoms with Crippen molar-refractivity contribution in [2.45, 2.75) is 33.2 Å². The second-order valence-electron chi connectivity index (χ2n) is 8.55. The molecule has 2 aromatic rings. The van der Waals surface area contributed by atoms with Crippen LogP contribution < -0.4 is 0 Å². The molecule has 0 aliphatic carbocycles. The van der Waals surface area contributed by atoms with Gasteiger partial charge in [0, 0.05) is 37.4 Å². The van der Waals surface area contributed by atoms with E-state index in [0.29, 0.717) is 25.6 Å². The van der Waals surface area contributed by atoms with Gasteiger partial charge in [-0.25, -0.2) is 9.67 Å².